The smallest absolute Gasteiger partial charge is 0.273 e. The van der Waals surface area contributed by atoms with Crippen LogP contribution in [0.2, 0.25) is 0 Å². The number of anilines is 1. The second-order valence-corrected chi connectivity index (χ2v) is 4.95. The molecule has 3 rings (SSSR count). The first-order valence-corrected chi connectivity index (χ1v) is 7.08. The molecule has 1 fully saturated rings. The van der Waals surface area contributed by atoms with Crippen molar-refractivity contribution in [3.8, 4) is 0 Å². The van der Waals surface area contributed by atoms with E-state index in [-0.39, 0.29) is 11.6 Å². The van der Waals surface area contributed by atoms with E-state index in [0.29, 0.717) is 31.5 Å². The van der Waals surface area contributed by atoms with E-state index in [1.807, 2.05) is 0 Å². The summed E-state index contributed by atoms with van der Waals surface area (Å²) >= 11 is 0. The number of nitrogens with one attached hydrogen (secondary N) is 1. The molecule has 0 aliphatic carbocycles. The van der Waals surface area contributed by atoms with Crippen molar-refractivity contribution in [3.63, 3.8) is 0 Å². The van der Waals surface area contributed by atoms with Crippen molar-refractivity contribution < 1.29 is 14.1 Å². The number of rotatable bonds is 4. The Labute approximate surface area is 127 Å². The summed E-state index contributed by atoms with van der Waals surface area (Å²) in [6, 6.07) is 3.37. The van der Waals surface area contributed by atoms with Gasteiger partial charge in [-0.05, 0) is 13.0 Å². The maximum Gasteiger partial charge on any atom is 0.273 e. The highest BCUT2D eigenvalue weighted by Crippen LogP contribution is 2.10. The molecule has 0 spiro atoms. The Morgan fingerprint density at radius 2 is 2.23 bits per heavy atom. The predicted octanol–water partition coefficient (Wildman–Crippen LogP) is 0.540. The monoisotopic (exact) mass is 303 g/mol. The number of nitrogens with zero attached hydrogens (tertiary/aromatic N) is 4. The second kappa shape index (κ2) is 6.52. The number of aryl methyl sites for hydroxylation is 1. The largest absolute Gasteiger partial charge is 0.378 e. The first-order valence-electron chi connectivity index (χ1n) is 7.08. The Balaban J connectivity index is 1.61. The van der Waals surface area contributed by atoms with Crippen molar-refractivity contribution >= 4 is 11.9 Å². The summed E-state index contributed by atoms with van der Waals surface area (Å²) < 4.78 is 10.2. The van der Waals surface area contributed by atoms with Crippen molar-refractivity contribution in [2.24, 2.45) is 0 Å². The maximum atomic E-state index is 11.9. The van der Waals surface area contributed by atoms with Crippen LogP contribution in [0.4, 0.5) is 5.95 Å². The maximum absolute atomic E-state index is 11.9. The molecule has 8 nitrogen and oxygen atoms in total. The lowest BCUT2D eigenvalue weighted by Gasteiger charge is -2.26. The first kappa shape index (κ1) is 14.5. The third kappa shape index (κ3) is 3.40. The minimum Gasteiger partial charge on any atom is -0.378 e. The molecule has 0 bridgehead atoms. The van der Waals surface area contributed by atoms with Gasteiger partial charge in [-0.2, -0.15) is 0 Å². The number of morpholine rings is 1. The molecule has 22 heavy (non-hydrogen) atoms. The van der Waals surface area contributed by atoms with E-state index in [2.05, 4.69) is 25.3 Å². The summed E-state index contributed by atoms with van der Waals surface area (Å²) in [6.45, 7) is 4.95. The van der Waals surface area contributed by atoms with Gasteiger partial charge in [-0.25, -0.2) is 9.97 Å². The third-order valence-electron chi connectivity index (χ3n) is 3.29. The Morgan fingerprint density at radius 1 is 1.41 bits per heavy atom. The molecule has 1 N–H and O–H groups in total. The van der Waals surface area contributed by atoms with Gasteiger partial charge in [0.05, 0.1) is 25.5 Å². The number of hydrogen-bond acceptors (Lipinski definition) is 7. The van der Waals surface area contributed by atoms with E-state index in [0.717, 1.165) is 18.8 Å². The van der Waals surface area contributed by atoms with E-state index in [9.17, 15) is 4.79 Å². The van der Waals surface area contributed by atoms with Gasteiger partial charge in [0.1, 0.15) is 5.76 Å². The average Bonchev–Trinajstić information content (AvgIpc) is 3.00. The fourth-order valence-electron chi connectivity index (χ4n) is 2.13. The fourth-order valence-corrected chi connectivity index (χ4v) is 2.13. The van der Waals surface area contributed by atoms with Crippen molar-refractivity contribution in [1.82, 2.24) is 20.4 Å². The summed E-state index contributed by atoms with van der Waals surface area (Å²) in [7, 11) is 0. The predicted molar refractivity (Wildman–Crippen MR) is 77.5 cm³/mol. The number of hydrogen-bond donors (Lipinski definition) is 1. The van der Waals surface area contributed by atoms with Crippen molar-refractivity contribution in [3.05, 3.63) is 35.5 Å². The Hall–Kier alpha value is -2.48. The number of amides is 1. The van der Waals surface area contributed by atoms with E-state index in [1.165, 1.54) is 0 Å². The van der Waals surface area contributed by atoms with Crippen LogP contribution in [0.1, 0.15) is 21.9 Å². The van der Waals surface area contributed by atoms with Gasteiger partial charge in [0.2, 0.25) is 5.95 Å². The lowest BCUT2D eigenvalue weighted by Crippen LogP contribution is -2.37. The summed E-state index contributed by atoms with van der Waals surface area (Å²) in [5.41, 5.74) is 1.00. The summed E-state index contributed by atoms with van der Waals surface area (Å²) in [6.07, 6.45) is 1.69. The van der Waals surface area contributed by atoms with Crippen molar-refractivity contribution in [2.75, 3.05) is 31.2 Å². The van der Waals surface area contributed by atoms with Crippen LogP contribution < -0.4 is 10.2 Å². The molecule has 1 saturated heterocycles. The van der Waals surface area contributed by atoms with Crippen molar-refractivity contribution in [1.29, 1.82) is 0 Å². The zero-order valence-electron chi connectivity index (χ0n) is 12.3. The molecule has 0 unspecified atom stereocenters. The molecular weight excluding hydrogens is 286 g/mol. The molecule has 2 aromatic heterocycles. The van der Waals surface area contributed by atoms with E-state index >= 15 is 0 Å². The fraction of sp³-hybridized carbons (Fsp3) is 0.429. The van der Waals surface area contributed by atoms with Crippen LogP contribution in [-0.4, -0.2) is 47.3 Å². The van der Waals surface area contributed by atoms with Gasteiger partial charge in [-0.3, -0.25) is 4.79 Å². The van der Waals surface area contributed by atoms with Crippen LogP contribution >= 0.6 is 0 Å². The Morgan fingerprint density at radius 3 is 2.95 bits per heavy atom. The summed E-state index contributed by atoms with van der Waals surface area (Å²) in [5, 5.41) is 6.44. The minimum atomic E-state index is -0.289. The van der Waals surface area contributed by atoms with Gasteiger partial charge in [0, 0.05) is 25.4 Å². The van der Waals surface area contributed by atoms with Crippen molar-refractivity contribution in [2.45, 2.75) is 13.5 Å². The number of aromatic nitrogens is 3. The molecule has 0 aromatic carbocycles. The SMILES string of the molecule is Cc1cc(C(=O)NCc2ccnc(N3CCOCC3)n2)no1. The highest BCUT2D eigenvalue weighted by atomic mass is 16.5. The highest BCUT2D eigenvalue weighted by Gasteiger charge is 2.15. The minimum absolute atomic E-state index is 0.264. The number of ether oxygens (including phenoxy) is 1. The quantitative estimate of drug-likeness (QED) is 0.881. The van der Waals surface area contributed by atoms with E-state index < -0.39 is 0 Å². The molecule has 3 heterocycles. The molecule has 8 heteroatoms. The van der Waals surface area contributed by atoms with Crippen LogP contribution in [0.15, 0.2) is 22.9 Å². The molecule has 1 aliphatic heterocycles. The van der Waals surface area contributed by atoms with Gasteiger partial charge in [-0.1, -0.05) is 5.16 Å². The van der Waals surface area contributed by atoms with Gasteiger partial charge in [0.25, 0.3) is 5.91 Å². The zero-order valence-corrected chi connectivity index (χ0v) is 12.3. The van der Waals surface area contributed by atoms with Gasteiger partial charge < -0.3 is 19.5 Å². The molecule has 0 saturated carbocycles. The van der Waals surface area contributed by atoms with E-state index in [4.69, 9.17) is 9.26 Å². The van der Waals surface area contributed by atoms with Crippen LogP contribution in [0.25, 0.3) is 0 Å². The van der Waals surface area contributed by atoms with Gasteiger partial charge >= 0.3 is 0 Å². The zero-order chi connectivity index (χ0) is 15.4. The topological polar surface area (TPSA) is 93.4 Å². The average molecular weight is 303 g/mol. The highest BCUT2D eigenvalue weighted by molar-refractivity contribution is 5.92. The number of carbonyl (C=O) groups excluding carboxylic acids is 1. The summed E-state index contributed by atoms with van der Waals surface area (Å²) in [4.78, 5) is 22.7. The second-order valence-electron chi connectivity index (χ2n) is 4.95. The molecule has 116 valence electrons. The molecule has 2 aromatic rings. The molecule has 0 atom stereocenters. The Bertz CT molecular complexity index is 651. The van der Waals surface area contributed by atoms with Crippen LogP contribution in [0, 0.1) is 6.92 Å². The molecule has 1 aliphatic rings. The molecular formula is C14H17N5O3. The lowest BCUT2D eigenvalue weighted by atomic mass is 10.3. The summed E-state index contributed by atoms with van der Waals surface area (Å²) in [5.74, 6) is 0.970. The standard InChI is InChI=1S/C14H17N5O3/c1-10-8-12(18-22-10)13(20)16-9-11-2-3-15-14(17-11)19-4-6-21-7-5-19/h2-3,8H,4-7,9H2,1H3,(H,16,20). The Kier molecular flexibility index (Phi) is 4.29. The van der Waals surface area contributed by atoms with Crippen LogP contribution in [0.5, 0.6) is 0 Å². The number of carbonyl (C=O) groups is 1. The molecule has 1 amide bonds. The van der Waals surface area contributed by atoms with Crippen LogP contribution in [-0.2, 0) is 11.3 Å². The molecule has 0 radical (unpaired) electrons. The lowest BCUT2D eigenvalue weighted by molar-refractivity contribution is 0.0941. The van der Waals surface area contributed by atoms with E-state index in [1.54, 1.807) is 25.3 Å². The first-order chi connectivity index (χ1) is 10.7. The normalized spacial score (nSPS) is 14.9. The van der Waals surface area contributed by atoms with Crippen LogP contribution in [0.3, 0.4) is 0 Å². The van der Waals surface area contributed by atoms with Gasteiger partial charge in [0.15, 0.2) is 5.69 Å². The third-order valence-corrected chi connectivity index (χ3v) is 3.29. The van der Waals surface area contributed by atoms with Gasteiger partial charge in [-0.15, -0.1) is 0 Å².